The van der Waals surface area contributed by atoms with Gasteiger partial charge in [-0.25, -0.2) is 4.79 Å². The molecule has 2 aliphatic rings. The van der Waals surface area contributed by atoms with Crippen molar-refractivity contribution in [2.24, 2.45) is 0 Å². The highest BCUT2D eigenvalue weighted by Gasteiger charge is 2.41. The molecule has 1 aliphatic heterocycles. The number of rotatable bonds is 1. The Hall–Kier alpha value is -2.11. The van der Waals surface area contributed by atoms with Crippen LogP contribution in [0, 0.1) is 0 Å². The lowest BCUT2D eigenvalue weighted by Crippen LogP contribution is -2.32. The normalized spacial score (nSPS) is 26.4. The van der Waals surface area contributed by atoms with Crippen molar-refractivity contribution in [2.75, 3.05) is 0 Å². The molecule has 2 heterocycles. The van der Waals surface area contributed by atoms with E-state index < -0.39 is 18.1 Å². The summed E-state index contributed by atoms with van der Waals surface area (Å²) in [6, 6.07) is 1.66. The van der Waals surface area contributed by atoms with Crippen LogP contribution >= 0.6 is 0 Å². The highest BCUT2D eigenvalue weighted by molar-refractivity contribution is 6.00. The molecule has 1 fully saturated rings. The second-order valence-corrected chi connectivity index (χ2v) is 4.55. The second kappa shape index (κ2) is 3.97. The molecular weight excluding hydrogens is 236 g/mol. The number of fused-ring (bicyclic) bond motifs is 1. The maximum absolute atomic E-state index is 11.6. The number of amides is 2. The molecule has 6 heteroatoms. The monoisotopic (exact) mass is 248 g/mol. The fourth-order valence-corrected chi connectivity index (χ4v) is 2.62. The van der Waals surface area contributed by atoms with Crippen molar-refractivity contribution >= 4 is 12.0 Å². The molecule has 3 rings (SSSR count). The zero-order chi connectivity index (χ0) is 12.7. The standard InChI is InChI=1S/C12H12N2O4/c15-7-4-6-2-1-3-8(9(6)13-5-7)10-11(16)14-12(17)18-10/h4-5,8,10,15H,1-3H2,(H,14,16,17)/t8-,10?/m1/s1. The van der Waals surface area contributed by atoms with Crippen LogP contribution < -0.4 is 5.32 Å². The molecule has 2 atom stereocenters. The molecule has 1 aromatic heterocycles. The number of nitrogens with one attached hydrogen (secondary N) is 1. The zero-order valence-corrected chi connectivity index (χ0v) is 9.55. The van der Waals surface area contributed by atoms with E-state index in [0.29, 0.717) is 0 Å². The number of ether oxygens (including phenoxy) is 1. The van der Waals surface area contributed by atoms with Crippen LogP contribution in [0.3, 0.4) is 0 Å². The first-order valence-electron chi connectivity index (χ1n) is 5.84. The van der Waals surface area contributed by atoms with Gasteiger partial charge in [-0.05, 0) is 30.9 Å². The fraction of sp³-hybridized carbons (Fsp3) is 0.417. The highest BCUT2D eigenvalue weighted by Crippen LogP contribution is 2.36. The van der Waals surface area contributed by atoms with E-state index in [2.05, 4.69) is 10.3 Å². The largest absolute Gasteiger partial charge is 0.506 e. The molecule has 94 valence electrons. The van der Waals surface area contributed by atoms with Crippen molar-refractivity contribution in [3.05, 3.63) is 23.5 Å². The summed E-state index contributed by atoms with van der Waals surface area (Å²) in [7, 11) is 0. The lowest BCUT2D eigenvalue weighted by molar-refractivity contribution is -0.124. The number of nitrogens with zero attached hydrogens (tertiary/aromatic N) is 1. The van der Waals surface area contributed by atoms with Crippen LogP contribution in [-0.4, -0.2) is 28.2 Å². The van der Waals surface area contributed by atoms with Crippen LogP contribution in [0.2, 0.25) is 0 Å². The van der Waals surface area contributed by atoms with E-state index in [0.717, 1.165) is 30.5 Å². The minimum Gasteiger partial charge on any atom is -0.506 e. The number of hydrogen-bond acceptors (Lipinski definition) is 5. The smallest absolute Gasteiger partial charge is 0.414 e. The van der Waals surface area contributed by atoms with Crippen LogP contribution in [0.25, 0.3) is 0 Å². The second-order valence-electron chi connectivity index (χ2n) is 4.55. The van der Waals surface area contributed by atoms with Gasteiger partial charge in [0.2, 0.25) is 0 Å². The number of alkyl carbamates (subject to hydrolysis) is 1. The Labute approximate surface area is 103 Å². The maximum atomic E-state index is 11.6. The van der Waals surface area contributed by atoms with Crippen molar-refractivity contribution in [1.29, 1.82) is 0 Å². The van der Waals surface area contributed by atoms with Crippen LogP contribution in [0.1, 0.15) is 30.0 Å². The Balaban J connectivity index is 1.96. The maximum Gasteiger partial charge on any atom is 0.414 e. The first-order valence-corrected chi connectivity index (χ1v) is 5.84. The van der Waals surface area contributed by atoms with E-state index in [1.807, 2.05) is 0 Å². The molecular formula is C12H12N2O4. The predicted octanol–water partition coefficient (Wildman–Crippen LogP) is 0.842. The summed E-state index contributed by atoms with van der Waals surface area (Å²) in [6.45, 7) is 0. The van der Waals surface area contributed by atoms with Crippen molar-refractivity contribution in [1.82, 2.24) is 10.3 Å². The quantitative estimate of drug-likeness (QED) is 0.768. The fourth-order valence-electron chi connectivity index (χ4n) is 2.62. The summed E-state index contributed by atoms with van der Waals surface area (Å²) >= 11 is 0. The van der Waals surface area contributed by atoms with Gasteiger partial charge in [0.1, 0.15) is 5.75 Å². The molecule has 2 amide bonds. The molecule has 6 nitrogen and oxygen atoms in total. The lowest BCUT2D eigenvalue weighted by atomic mass is 9.83. The SMILES string of the molecule is O=C1NC(=O)C([C@@H]2CCCc3cc(O)cnc32)O1. The molecule has 2 N–H and O–H groups in total. The number of hydrogen-bond donors (Lipinski definition) is 2. The summed E-state index contributed by atoms with van der Waals surface area (Å²) in [5.74, 6) is -0.518. The number of aryl methyl sites for hydroxylation is 1. The number of carbonyl (C=O) groups excluding carboxylic acids is 2. The molecule has 0 bridgehead atoms. The summed E-state index contributed by atoms with van der Waals surface area (Å²) in [5.41, 5.74) is 1.66. The molecule has 1 aliphatic carbocycles. The Bertz CT molecular complexity index is 529. The third-order valence-electron chi connectivity index (χ3n) is 3.38. The Morgan fingerprint density at radius 3 is 3.00 bits per heavy atom. The minimum atomic E-state index is -0.798. The topological polar surface area (TPSA) is 88.5 Å². The van der Waals surface area contributed by atoms with Gasteiger partial charge in [-0.15, -0.1) is 0 Å². The van der Waals surface area contributed by atoms with Gasteiger partial charge < -0.3 is 9.84 Å². The summed E-state index contributed by atoms with van der Waals surface area (Å²) in [5, 5.41) is 11.5. The average molecular weight is 248 g/mol. The van der Waals surface area contributed by atoms with Gasteiger partial charge in [0.05, 0.1) is 11.9 Å². The molecule has 0 radical (unpaired) electrons. The van der Waals surface area contributed by atoms with E-state index >= 15 is 0 Å². The van der Waals surface area contributed by atoms with Crippen molar-refractivity contribution in [3.63, 3.8) is 0 Å². The first kappa shape index (κ1) is 11.0. The molecule has 0 aromatic carbocycles. The number of carbonyl (C=O) groups is 2. The van der Waals surface area contributed by atoms with Gasteiger partial charge in [-0.1, -0.05) is 0 Å². The summed E-state index contributed by atoms with van der Waals surface area (Å²) in [4.78, 5) is 26.9. The van der Waals surface area contributed by atoms with Gasteiger partial charge in [-0.3, -0.25) is 15.1 Å². The third-order valence-corrected chi connectivity index (χ3v) is 3.38. The Kier molecular flexibility index (Phi) is 2.43. The Morgan fingerprint density at radius 2 is 2.28 bits per heavy atom. The third kappa shape index (κ3) is 1.70. The summed E-state index contributed by atoms with van der Waals surface area (Å²) in [6.07, 6.45) is 2.30. The molecule has 1 saturated heterocycles. The number of pyridine rings is 1. The van der Waals surface area contributed by atoms with Gasteiger partial charge in [-0.2, -0.15) is 0 Å². The van der Waals surface area contributed by atoms with E-state index in [1.54, 1.807) is 6.07 Å². The lowest BCUT2D eigenvalue weighted by Gasteiger charge is -2.26. The number of aromatic hydroxyl groups is 1. The minimum absolute atomic E-state index is 0.113. The van der Waals surface area contributed by atoms with Crippen LogP contribution in [0.4, 0.5) is 4.79 Å². The van der Waals surface area contributed by atoms with Crippen LogP contribution in [0.5, 0.6) is 5.75 Å². The van der Waals surface area contributed by atoms with Crippen molar-refractivity contribution in [3.8, 4) is 5.75 Å². The van der Waals surface area contributed by atoms with Gasteiger partial charge in [0.15, 0.2) is 6.10 Å². The van der Waals surface area contributed by atoms with Crippen molar-refractivity contribution < 1.29 is 19.4 Å². The van der Waals surface area contributed by atoms with Gasteiger partial charge >= 0.3 is 6.09 Å². The van der Waals surface area contributed by atoms with E-state index in [1.165, 1.54) is 6.20 Å². The zero-order valence-electron chi connectivity index (χ0n) is 9.55. The first-order chi connectivity index (χ1) is 8.65. The molecule has 0 spiro atoms. The van der Waals surface area contributed by atoms with Crippen LogP contribution in [-0.2, 0) is 16.0 Å². The Morgan fingerprint density at radius 1 is 1.44 bits per heavy atom. The van der Waals surface area contributed by atoms with Gasteiger partial charge in [0.25, 0.3) is 5.91 Å². The number of cyclic esters (lactones) is 1. The van der Waals surface area contributed by atoms with E-state index in [9.17, 15) is 14.7 Å². The number of imide groups is 1. The van der Waals surface area contributed by atoms with E-state index in [4.69, 9.17) is 4.74 Å². The molecule has 1 unspecified atom stereocenters. The average Bonchev–Trinajstić information content (AvgIpc) is 2.67. The van der Waals surface area contributed by atoms with Crippen LogP contribution in [0.15, 0.2) is 12.3 Å². The molecule has 1 aromatic rings. The summed E-state index contributed by atoms with van der Waals surface area (Å²) < 4.78 is 5.00. The highest BCUT2D eigenvalue weighted by atomic mass is 16.6. The van der Waals surface area contributed by atoms with E-state index in [-0.39, 0.29) is 11.7 Å². The van der Waals surface area contributed by atoms with Crippen molar-refractivity contribution in [2.45, 2.75) is 31.3 Å². The molecule has 18 heavy (non-hydrogen) atoms. The predicted molar refractivity (Wildman–Crippen MR) is 60.0 cm³/mol. The number of aromatic nitrogens is 1. The van der Waals surface area contributed by atoms with Gasteiger partial charge in [0, 0.05) is 5.92 Å². The molecule has 0 saturated carbocycles.